The van der Waals surface area contributed by atoms with Crippen molar-refractivity contribution in [3.63, 3.8) is 0 Å². The number of hydrogen-bond donors (Lipinski definition) is 1. The van der Waals surface area contributed by atoms with E-state index >= 15 is 0 Å². The van der Waals surface area contributed by atoms with Crippen molar-refractivity contribution in [3.05, 3.63) is 36.8 Å². The van der Waals surface area contributed by atoms with Crippen molar-refractivity contribution in [2.45, 2.75) is 0 Å². The summed E-state index contributed by atoms with van der Waals surface area (Å²) in [6.45, 7) is 0. The number of nitrogens with zero attached hydrogens (tertiary/aromatic N) is 1. The number of aromatic nitrogens is 1. The summed E-state index contributed by atoms with van der Waals surface area (Å²) < 4.78 is 7.35. The molecule has 0 radical (unpaired) electrons. The molecule has 0 amide bonds. The smallest absolute Gasteiger partial charge is 0.358 e. The summed E-state index contributed by atoms with van der Waals surface area (Å²) in [5.74, 6) is -0.530. The second-order valence-electron chi connectivity index (χ2n) is 3.72. The van der Waals surface area contributed by atoms with E-state index in [-0.39, 0.29) is 11.5 Å². The van der Waals surface area contributed by atoms with Crippen molar-refractivity contribution in [1.82, 2.24) is 4.98 Å². The first-order valence-electron chi connectivity index (χ1n) is 5.29. The fourth-order valence-corrected chi connectivity index (χ4v) is 5.09. The van der Waals surface area contributed by atoms with Gasteiger partial charge in [-0.25, -0.2) is 9.78 Å². The van der Waals surface area contributed by atoms with Crippen LogP contribution in [-0.2, 0) is 0 Å². The highest BCUT2D eigenvalue weighted by Crippen LogP contribution is 2.41. The lowest BCUT2D eigenvalue weighted by Gasteiger charge is -1.94. The number of hydrogen-bond acceptors (Lipinski definition) is 5. The number of carboxylic acids is 1. The molecule has 3 heterocycles. The lowest BCUT2D eigenvalue weighted by Crippen LogP contribution is -1.98. The van der Waals surface area contributed by atoms with Gasteiger partial charge in [0.05, 0.1) is 12.4 Å². The van der Waals surface area contributed by atoms with Gasteiger partial charge in [-0.05, 0) is 49.4 Å². The van der Waals surface area contributed by atoms with Gasteiger partial charge in [-0.2, -0.15) is 0 Å². The Labute approximate surface area is 138 Å². The second-order valence-corrected chi connectivity index (χ2v) is 8.41. The number of rotatable bonds is 3. The molecule has 0 saturated heterocycles. The van der Waals surface area contributed by atoms with Gasteiger partial charge >= 0.3 is 5.97 Å². The monoisotopic (exact) mass is 433 g/mol. The maximum absolute atomic E-state index is 11.4. The lowest BCUT2D eigenvalue weighted by molar-refractivity contribution is 0.0691. The molecule has 0 aliphatic heterocycles. The van der Waals surface area contributed by atoms with Gasteiger partial charge in [0.25, 0.3) is 0 Å². The van der Waals surface area contributed by atoms with E-state index in [0.29, 0.717) is 11.5 Å². The largest absolute Gasteiger partial charge is 0.476 e. The van der Waals surface area contributed by atoms with Crippen LogP contribution in [0.2, 0.25) is 0 Å². The molecule has 0 bridgehead atoms. The molecule has 0 aromatic carbocycles. The molecule has 0 aliphatic rings. The molecule has 0 aliphatic carbocycles. The molecule has 0 spiro atoms. The molecule has 3 rings (SSSR count). The lowest BCUT2D eigenvalue weighted by atomic mass is 10.2. The van der Waals surface area contributed by atoms with Crippen LogP contribution in [0.25, 0.3) is 22.1 Å². The van der Waals surface area contributed by atoms with Gasteiger partial charge < -0.3 is 9.52 Å². The van der Waals surface area contributed by atoms with E-state index in [1.807, 2.05) is 17.5 Å². The summed E-state index contributed by atoms with van der Waals surface area (Å²) in [5, 5.41) is 11.2. The number of carbonyl (C=O) groups is 1. The van der Waals surface area contributed by atoms with Crippen LogP contribution in [0.4, 0.5) is 0 Å². The molecule has 0 saturated carbocycles. The quantitative estimate of drug-likeness (QED) is 0.602. The minimum atomic E-state index is -1.11. The molecular weight excluding hydrogens is 430 g/mol. The van der Waals surface area contributed by atoms with E-state index in [1.54, 1.807) is 6.07 Å². The predicted octanol–water partition coefficient (Wildman–Crippen LogP) is 5.35. The molecule has 102 valence electrons. The molecule has 3 aromatic rings. The van der Waals surface area contributed by atoms with Crippen LogP contribution < -0.4 is 0 Å². The Bertz CT molecular complexity index is 777. The molecule has 4 nitrogen and oxygen atoms in total. The zero-order chi connectivity index (χ0) is 14.3. The van der Waals surface area contributed by atoms with Crippen LogP contribution in [0.1, 0.15) is 10.5 Å². The van der Waals surface area contributed by atoms with E-state index < -0.39 is 5.97 Å². The third kappa shape index (κ3) is 2.48. The summed E-state index contributed by atoms with van der Waals surface area (Å²) in [7, 11) is 0. The van der Waals surface area contributed by atoms with Gasteiger partial charge in [-0.15, -0.1) is 22.7 Å². The molecule has 3 aromatic heterocycles. The maximum Gasteiger partial charge on any atom is 0.358 e. The van der Waals surface area contributed by atoms with E-state index in [4.69, 9.17) is 4.42 Å². The first-order chi connectivity index (χ1) is 9.56. The van der Waals surface area contributed by atoms with Crippen LogP contribution in [0.15, 0.2) is 35.6 Å². The van der Waals surface area contributed by atoms with Crippen molar-refractivity contribution in [3.8, 4) is 22.1 Å². The van der Waals surface area contributed by atoms with Gasteiger partial charge in [0, 0.05) is 5.56 Å². The Morgan fingerprint density at radius 1 is 1.40 bits per heavy atom. The minimum Gasteiger partial charge on any atom is -0.476 e. The minimum absolute atomic E-state index is 0.0839. The summed E-state index contributed by atoms with van der Waals surface area (Å²) in [6.07, 6.45) is 0. The third-order valence-electron chi connectivity index (χ3n) is 2.46. The molecule has 0 unspecified atom stereocenters. The highest BCUT2D eigenvalue weighted by molar-refractivity contribution is 9.12. The van der Waals surface area contributed by atoms with Crippen molar-refractivity contribution in [1.29, 1.82) is 0 Å². The molecular formula is C12H5Br2NO3S2. The molecule has 1 N–H and O–H groups in total. The first-order valence-corrected chi connectivity index (χ1v) is 8.57. The van der Waals surface area contributed by atoms with Gasteiger partial charge in [0.1, 0.15) is 0 Å². The van der Waals surface area contributed by atoms with Gasteiger partial charge in [0.15, 0.2) is 11.5 Å². The van der Waals surface area contributed by atoms with Crippen LogP contribution in [0.3, 0.4) is 0 Å². The average molecular weight is 435 g/mol. The number of thiophene rings is 2. The van der Waals surface area contributed by atoms with Gasteiger partial charge in [0.2, 0.25) is 5.89 Å². The molecule has 8 heteroatoms. The molecule has 0 atom stereocenters. The van der Waals surface area contributed by atoms with E-state index in [2.05, 4.69) is 36.8 Å². The SMILES string of the molecule is O=C(O)c1nc(-c2cccs2)oc1-c1cc(Br)sc1Br. The first kappa shape index (κ1) is 14.0. The Kier molecular flexibility index (Phi) is 3.80. The Hall–Kier alpha value is -0.960. The Morgan fingerprint density at radius 2 is 2.20 bits per heavy atom. The average Bonchev–Trinajstić information content (AvgIpc) is 3.07. The summed E-state index contributed by atoms with van der Waals surface area (Å²) in [6, 6.07) is 5.51. The topological polar surface area (TPSA) is 63.3 Å². The normalized spacial score (nSPS) is 10.9. The third-order valence-corrected chi connectivity index (χ3v) is 5.66. The summed E-state index contributed by atoms with van der Waals surface area (Å²) >= 11 is 9.67. The van der Waals surface area contributed by atoms with E-state index in [9.17, 15) is 9.90 Å². The van der Waals surface area contributed by atoms with E-state index in [1.165, 1.54) is 22.7 Å². The van der Waals surface area contributed by atoms with Crippen molar-refractivity contribution < 1.29 is 14.3 Å². The van der Waals surface area contributed by atoms with Crippen molar-refractivity contribution >= 4 is 60.5 Å². The highest BCUT2D eigenvalue weighted by atomic mass is 79.9. The fourth-order valence-electron chi connectivity index (χ4n) is 1.65. The number of halogens is 2. The molecule has 0 fully saturated rings. The highest BCUT2D eigenvalue weighted by Gasteiger charge is 2.24. The standard InChI is InChI=1S/C12H5Br2NO3S2/c13-7-4-5(10(14)20-7)9-8(12(16)17)15-11(18-9)6-2-1-3-19-6/h1-4H,(H,16,17). The van der Waals surface area contributed by atoms with Crippen LogP contribution >= 0.6 is 54.5 Å². The van der Waals surface area contributed by atoms with Gasteiger partial charge in [-0.3, -0.25) is 0 Å². The van der Waals surface area contributed by atoms with Crippen LogP contribution in [0.5, 0.6) is 0 Å². The second kappa shape index (κ2) is 5.44. The number of aromatic carboxylic acids is 1. The predicted molar refractivity (Wildman–Crippen MR) is 85.5 cm³/mol. The zero-order valence-electron chi connectivity index (χ0n) is 9.59. The van der Waals surface area contributed by atoms with Gasteiger partial charge in [-0.1, -0.05) is 6.07 Å². The maximum atomic E-state index is 11.4. The van der Waals surface area contributed by atoms with Crippen molar-refractivity contribution in [2.75, 3.05) is 0 Å². The van der Waals surface area contributed by atoms with E-state index in [0.717, 1.165) is 12.4 Å². The summed E-state index contributed by atoms with van der Waals surface area (Å²) in [5.41, 5.74) is 0.592. The van der Waals surface area contributed by atoms with Crippen LogP contribution in [0, 0.1) is 0 Å². The van der Waals surface area contributed by atoms with Crippen molar-refractivity contribution in [2.24, 2.45) is 0 Å². The number of oxazole rings is 1. The zero-order valence-corrected chi connectivity index (χ0v) is 14.4. The number of carboxylic acid groups (broad SMARTS) is 1. The molecule has 20 heavy (non-hydrogen) atoms. The van der Waals surface area contributed by atoms with Crippen LogP contribution in [-0.4, -0.2) is 16.1 Å². The Morgan fingerprint density at radius 3 is 2.75 bits per heavy atom. The summed E-state index contributed by atoms with van der Waals surface area (Å²) in [4.78, 5) is 16.2. The fraction of sp³-hybridized carbons (Fsp3) is 0. The Balaban J connectivity index is 2.19.